The van der Waals surface area contributed by atoms with Gasteiger partial charge in [-0.2, -0.15) is 0 Å². The molecule has 0 spiro atoms. The van der Waals surface area contributed by atoms with Gasteiger partial charge in [0.25, 0.3) is 0 Å². The van der Waals surface area contributed by atoms with Gasteiger partial charge in [0.1, 0.15) is 0 Å². The third kappa shape index (κ3) is 3.46. The van der Waals surface area contributed by atoms with Crippen LogP contribution in [0.5, 0.6) is 0 Å². The summed E-state index contributed by atoms with van der Waals surface area (Å²) < 4.78 is 0. The van der Waals surface area contributed by atoms with Crippen molar-refractivity contribution in [1.82, 2.24) is 0 Å². The van der Waals surface area contributed by atoms with Crippen LogP contribution >= 0.6 is 11.6 Å². The Hall–Kier alpha value is 0.290. The van der Waals surface area contributed by atoms with E-state index in [1.54, 1.807) is 0 Å². The molecule has 0 bridgehead atoms. The van der Waals surface area contributed by atoms with Crippen LogP contribution in [0.1, 0.15) is 59.3 Å². The number of hydrogen-bond donors (Lipinski definition) is 0. The van der Waals surface area contributed by atoms with Crippen molar-refractivity contribution in [1.29, 1.82) is 0 Å². The van der Waals surface area contributed by atoms with Gasteiger partial charge in [-0.25, -0.2) is 0 Å². The highest BCUT2D eigenvalue weighted by atomic mass is 35.5. The highest BCUT2D eigenvalue weighted by Gasteiger charge is 2.28. The van der Waals surface area contributed by atoms with E-state index >= 15 is 0 Å². The second-order valence-electron chi connectivity index (χ2n) is 5.11. The van der Waals surface area contributed by atoms with Gasteiger partial charge >= 0.3 is 0 Å². The minimum Gasteiger partial charge on any atom is -0.123 e. The molecule has 84 valence electrons. The third-order valence-corrected chi connectivity index (χ3v) is 4.52. The molecule has 0 amide bonds. The normalized spacial score (nSPS) is 33.6. The molecule has 0 aliphatic heterocycles. The number of hydrogen-bond acceptors (Lipinski definition) is 0. The van der Waals surface area contributed by atoms with Crippen molar-refractivity contribution in [3.8, 4) is 0 Å². The van der Waals surface area contributed by atoms with Crippen molar-refractivity contribution in [2.45, 2.75) is 64.7 Å². The van der Waals surface area contributed by atoms with Crippen molar-refractivity contribution >= 4 is 11.6 Å². The monoisotopic (exact) mass is 216 g/mol. The quantitative estimate of drug-likeness (QED) is 0.589. The molecule has 0 radical (unpaired) electrons. The second kappa shape index (κ2) is 6.00. The van der Waals surface area contributed by atoms with Crippen molar-refractivity contribution in [3.05, 3.63) is 0 Å². The SMILES string of the molecule is CCC(CC)CC1CC(C)CCC1Cl. The molecule has 0 aromatic heterocycles. The Kier molecular flexibility index (Phi) is 5.30. The zero-order valence-electron chi connectivity index (χ0n) is 9.93. The summed E-state index contributed by atoms with van der Waals surface area (Å²) in [5.74, 6) is 2.61. The Morgan fingerprint density at radius 1 is 1.21 bits per heavy atom. The lowest BCUT2D eigenvalue weighted by atomic mass is 9.77. The number of halogens is 1. The Balaban J connectivity index is 2.40. The molecular weight excluding hydrogens is 192 g/mol. The lowest BCUT2D eigenvalue weighted by Gasteiger charge is -2.33. The maximum Gasteiger partial charge on any atom is 0.0364 e. The molecule has 1 aliphatic carbocycles. The molecule has 1 heteroatoms. The standard InChI is InChI=1S/C13H25Cl/c1-4-11(5-2)9-12-8-10(3)6-7-13(12)14/h10-13H,4-9H2,1-3H3. The van der Waals surface area contributed by atoms with Crippen molar-refractivity contribution in [3.63, 3.8) is 0 Å². The summed E-state index contributed by atoms with van der Waals surface area (Å²) in [5.41, 5.74) is 0. The average molecular weight is 217 g/mol. The van der Waals surface area contributed by atoms with Crippen LogP contribution in [0, 0.1) is 17.8 Å². The van der Waals surface area contributed by atoms with Gasteiger partial charge in [0.15, 0.2) is 0 Å². The van der Waals surface area contributed by atoms with Crippen molar-refractivity contribution in [2.75, 3.05) is 0 Å². The fourth-order valence-electron chi connectivity index (χ4n) is 2.76. The predicted octanol–water partition coefficient (Wildman–Crippen LogP) is 4.86. The van der Waals surface area contributed by atoms with E-state index in [2.05, 4.69) is 20.8 Å². The molecule has 0 saturated heterocycles. The summed E-state index contributed by atoms with van der Waals surface area (Å²) in [5, 5.41) is 0.465. The first-order valence-corrected chi connectivity index (χ1v) is 6.75. The summed E-state index contributed by atoms with van der Waals surface area (Å²) in [6.45, 7) is 7.00. The van der Waals surface area contributed by atoms with Gasteiger partial charge in [-0.1, -0.05) is 33.6 Å². The molecule has 3 atom stereocenters. The summed E-state index contributed by atoms with van der Waals surface area (Å²) in [6.07, 6.45) is 7.97. The summed E-state index contributed by atoms with van der Waals surface area (Å²) in [4.78, 5) is 0. The molecule has 14 heavy (non-hydrogen) atoms. The first-order valence-electron chi connectivity index (χ1n) is 6.31. The van der Waals surface area contributed by atoms with Crippen LogP contribution < -0.4 is 0 Å². The highest BCUT2D eigenvalue weighted by molar-refractivity contribution is 6.20. The molecule has 0 heterocycles. The zero-order chi connectivity index (χ0) is 10.6. The number of rotatable bonds is 4. The van der Waals surface area contributed by atoms with Crippen LogP contribution in [-0.4, -0.2) is 5.38 Å². The summed E-state index contributed by atoms with van der Waals surface area (Å²) in [7, 11) is 0. The first-order chi connectivity index (χ1) is 6.67. The van der Waals surface area contributed by atoms with Crippen LogP contribution in [0.2, 0.25) is 0 Å². The minimum atomic E-state index is 0.465. The lowest BCUT2D eigenvalue weighted by molar-refractivity contribution is 0.237. The van der Waals surface area contributed by atoms with Gasteiger partial charge in [0.05, 0.1) is 0 Å². The Bertz CT molecular complexity index is 151. The van der Waals surface area contributed by atoms with Crippen molar-refractivity contribution in [2.24, 2.45) is 17.8 Å². The van der Waals surface area contributed by atoms with Gasteiger partial charge in [-0.3, -0.25) is 0 Å². The Labute approximate surface area is 94.4 Å². The maximum absolute atomic E-state index is 6.41. The molecule has 3 unspecified atom stereocenters. The van der Waals surface area contributed by atoms with E-state index in [1.165, 1.54) is 38.5 Å². The maximum atomic E-state index is 6.41. The van der Waals surface area contributed by atoms with E-state index in [0.717, 1.165) is 17.8 Å². The van der Waals surface area contributed by atoms with E-state index < -0.39 is 0 Å². The number of alkyl halides is 1. The smallest absolute Gasteiger partial charge is 0.0364 e. The van der Waals surface area contributed by atoms with E-state index in [1.807, 2.05) is 0 Å². The Morgan fingerprint density at radius 2 is 1.86 bits per heavy atom. The summed E-state index contributed by atoms with van der Waals surface area (Å²) >= 11 is 6.41. The van der Waals surface area contributed by atoms with Gasteiger partial charge in [-0.05, 0) is 43.4 Å². The molecule has 0 N–H and O–H groups in total. The first kappa shape index (κ1) is 12.4. The van der Waals surface area contributed by atoms with Crippen LogP contribution in [0.3, 0.4) is 0 Å². The van der Waals surface area contributed by atoms with E-state index in [-0.39, 0.29) is 0 Å². The fraction of sp³-hybridized carbons (Fsp3) is 1.00. The zero-order valence-corrected chi connectivity index (χ0v) is 10.7. The van der Waals surface area contributed by atoms with Crippen LogP contribution in [-0.2, 0) is 0 Å². The van der Waals surface area contributed by atoms with Gasteiger partial charge in [-0.15, -0.1) is 11.6 Å². The van der Waals surface area contributed by atoms with E-state index in [9.17, 15) is 0 Å². The molecule has 0 nitrogen and oxygen atoms in total. The highest BCUT2D eigenvalue weighted by Crippen LogP contribution is 2.37. The fourth-order valence-corrected chi connectivity index (χ4v) is 3.09. The molecule has 1 rings (SSSR count). The molecule has 0 aromatic rings. The topological polar surface area (TPSA) is 0 Å². The third-order valence-electron chi connectivity index (χ3n) is 3.94. The minimum absolute atomic E-state index is 0.465. The second-order valence-corrected chi connectivity index (χ2v) is 5.67. The van der Waals surface area contributed by atoms with Gasteiger partial charge < -0.3 is 0 Å². The molecule has 1 fully saturated rings. The van der Waals surface area contributed by atoms with Gasteiger partial charge in [0, 0.05) is 5.38 Å². The van der Waals surface area contributed by atoms with Crippen molar-refractivity contribution < 1.29 is 0 Å². The Morgan fingerprint density at radius 3 is 2.43 bits per heavy atom. The largest absolute Gasteiger partial charge is 0.123 e. The molecular formula is C13H25Cl. The van der Waals surface area contributed by atoms with Crippen LogP contribution in [0.25, 0.3) is 0 Å². The predicted molar refractivity (Wildman–Crippen MR) is 64.8 cm³/mol. The molecule has 0 aromatic carbocycles. The van der Waals surface area contributed by atoms with Gasteiger partial charge in [0.2, 0.25) is 0 Å². The van der Waals surface area contributed by atoms with E-state index in [0.29, 0.717) is 5.38 Å². The van der Waals surface area contributed by atoms with Crippen LogP contribution in [0.4, 0.5) is 0 Å². The van der Waals surface area contributed by atoms with E-state index in [4.69, 9.17) is 11.6 Å². The molecule has 1 saturated carbocycles. The molecule has 1 aliphatic rings. The average Bonchev–Trinajstić information content (AvgIpc) is 2.19. The van der Waals surface area contributed by atoms with Crippen LogP contribution in [0.15, 0.2) is 0 Å². The summed E-state index contributed by atoms with van der Waals surface area (Å²) in [6, 6.07) is 0. The lowest BCUT2D eigenvalue weighted by Crippen LogP contribution is -2.26.